The molecule has 0 atom stereocenters. The predicted octanol–water partition coefficient (Wildman–Crippen LogP) is 1.40. The third kappa shape index (κ3) is 4.39. The minimum atomic E-state index is -0.144. The molecule has 1 rings (SSSR count). The number of ether oxygens (including phenoxy) is 1. The van der Waals surface area contributed by atoms with E-state index < -0.39 is 0 Å². The zero-order chi connectivity index (χ0) is 10.4. The van der Waals surface area contributed by atoms with E-state index in [1.807, 2.05) is 36.5 Å². The van der Waals surface area contributed by atoms with Gasteiger partial charge in [0.25, 0.3) is 0 Å². The van der Waals surface area contributed by atoms with E-state index in [4.69, 9.17) is 4.74 Å². The quantitative estimate of drug-likeness (QED) is 0.692. The Kier molecular flexibility index (Phi) is 4.62. The fourth-order valence-corrected chi connectivity index (χ4v) is 1.64. The summed E-state index contributed by atoms with van der Waals surface area (Å²) in [6.07, 6.45) is 0.394. The second-order valence-electron chi connectivity index (χ2n) is 3.28. The van der Waals surface area contributed by atoms with Crippen LogP contribution in [0.15, 0.2) is 17.5 Å². The second kappa shape index (κ2) is 5.78. The fraction of sp³-hybridized carbons (Fsp3) is 0.500. The van der Waals surface area contributed by atoms with Crippen LogP contribution in [0, 0.1) is 0 Å². The van der Waals surface area contributed by atoms with Gasteiger partial charge in [-0.3, -0.25) is 4.79 Å². The minimum absolute atomic E-state index is 0.144. The van der Waals surface area contributed by atoms with E-state index in [0.29, 0.717) is 13.0 Å². The molecule has 0 saturated carbocycles. The van der Waals surface area contributed by atoms with Crippen molar-refractivity contribution in [1.82, 2.24) is 4.90 Å². The molecule has 0 amide bonds. The molecule has 0 fully saturated rings. The average Bonchev–Trinajstić information content (AvgIpc) is 2.56. The van der Waals surface area contributed by atoms with Gasteiger partial charge in [0, 0.05) is 11.4 Å². The summed E-state index contributed by atoms with van der Waals surface area (Å²) in [5.41, 5.74) is 0. The average molecular weight is 213 g/mol. The normalized spacial score (nSPS) is 10.5. The number of thiophene rings is 1. The van der Waals surface area contributed by atoms with Gasteiger partial charge in [0.15, 0.2) is 0 Å². The standard InChI is InChI=1S/C10H15NO2S/c1-11(2)5-6-13-10(12)8-9-4-3-7-14-9/h3-4,7H,5-6,8H2,1-2H3. The lowest BCUT2D eigenvalue weighted by atomic mass is 10.3. The van der Waals surface area contributed by atoms with Gasteiger partial charge in [0.05, 0.1) is 6.42 Å². The first kappa shape index (κ1) is 11.2. The SMILES string of the molecule is CN(C)CCOC(=O)Cc1cccs1. The molecule has 3 nitrogen and oxygen atoms in total. The van der Waals surface area contributed by atoms with Crippen LogP contribution in [0.4, 0.5) is 0 Å². The van der Waals surface area contributed by atoms with Gasteiger partial charge in [-0.25, -0.2) is 0 Å². The molecule has 78 valence electrons. The first-order valence-electron chi connectivity index (χ1n) is 4.51. The third-order valence-electron chi connectivity index (χ3n) is 1.70. The Balaban J connectivity index is 2.17. The van der Waals surface area contributed by atoms with Gasteiger partial charge in [-0.05, 0) is 25.5 Å². The van der Waals surface area contributed by atoms with Gasteiger partial charge in [-0.1, -0.05) is 6.07 Å². The highest BCUT2D eigenvalue weighted by atomic mass is 32.1. The Hall–Kier alpha value is -0.870. The molecule has 0 aromatic carbocycles. The van der Waals surface area contributed by atoms with Gasteiger partial charge in [0.1, 0.15) is 6.61 Å². The smallest absolute Gasteiger partial charge is 0.311 e. The van der Waals surface area contributed by atoms with Crippen molar-refractivity contribution >= 4 is 17.3 Å². The molecule has 0 aliphatic rings. The van der Waals surface area contributed by atoms with E-state index in [-0.39, 0.29) is 5.97 Å². The van der Waals surface area contributed by atoms with E-state index >= 15 is 0 Å². The molecule has 0 N–H and O–H groups in total. The molecule has 0 aliphatic carbocycles. The predicted molar refractivity (Wildman–Crippen MR) is 57.5 cm³/mol. The molecule has 0 bridgehead atoms. The lowest BCUT2D eigenvalue weighted by Gasteiger charge is -2.09. The number of hydrogen-bond donors (Lipinski definition) is 0. The molecule has 4 heteroatoms. The molecular formula is C10H15NO2S. The molecule has 0 saturated heterocycles. The Bertz CT molecular complexity index is 270. The number of carbonyl (C=O) groups is 1. The van der Waals surface area contributed by atoms with Crippen LogP contribution < -0.4 is 0 Å². The maximum atomic E-state index is 11.3. The van der Waals surface area contributed by atoms with Crippen molar-refractivity contribution in [3.63, 3.8) is 0 Å². The molecule has 14 heavy (non-hydrogen) atoms. The number of esters is 1. The van der Waals surface area contributed by atoms with E-state index in [9.17, 15) is 4.79 Å². The number of rotatable bonds is 5. The van der Waals surface area contributed by atoms with Crippen molar-refractivity contribution in [3.05, 3.63) is 22.4 Å². The second-order valence-corrected chi connectivity index (χ2v) is 4.31. The van der Waals surface area contributed by atoms with Crippen LogP contribution in [0.25, 0.3) is 0 Å². The summed E-state index contributed by atoms with van der Waals surface area (Å²) in [5.74, 6) is -0.144. The Morgan fingerprint density at radius 1 is 1.57 bits per heavy atom. The van der Waals surface area contributed by atoms with Crippen LogP contribution in [-0.2, 0) is 16.0 Å². The third-order valence-corrected chi connectivity index (χ3v) is 2.58. The van der Waals surface area contributed by atoms with Crippen LogP contribution in [-0.4, -0.2) is 38.1 Å². The molecule has 0 unspecified atom stereocenters. The minimum Gasteiger partial charge on any atom is -0.464 e. The van der Waals surface area contributed by atoms with Gasteiger partial charge in [0.2, 0.25) is 0 Å². The lowest BCUT2D eigenvalue weighted by molar-refractivity contribution is -0.143. The molecule has 0 aliphatic heterocycles. The van der Waals surface area contributed by atoms with Crippen molar-refractivity contribution < 1.29 is 9.53 Å². The fourth-order valence-electron chi connectivity index (χ4n) is 0.949. The lowest BCUT2D eigenvalue weighted by Crippen LogP contribution is -2.20. The number of nitrogens with zero attached hydrogens (tertiary/aromatic N) is 1. The summed E-state index contributed by atoms with van der Waals surface area (Å²) in [4.78, 5) is 14.3. The van der Waals surface area contributed by atoms with Gasteiger partial charge in [-0.15, -0.1) is 11.3 Å². The van der Waals surface area contributed by atoms with Gasteiger partial charge < -0.3 is 9.64 Å². The van der Waals surface area contributed by atoms with Crippen LogP contribution in [0.1, 0.15) is 4.88 Å². The Morgan fingerprint density at radius 3 is 2.93 bits per heavy atom. The van der Waals surface area contributed by atoms with Crippen LogP contribution in [0.5, 0.6) is 0 Å². The number of likely N-dealkylation sites (N-methyl/N-ethyl adjacent to an activating group) is 1. The summed E-state index contributed by atoms with van der Waals surface area (Å²) in [7, 11) is 3.90. The van der Waals surface area contributed by atoms with E-state index in [1.165, 1.54) is 0 Å². The molecule has 0 radical (unpaired) electrons. The summed E-state index contributed by atoms with van der Waals surface area (Å²) < 4.78 is 5.05. The largest absolute Gasteiger partial charge is 0.464 e. The van der Waals surface area contributed by atoms with Gasteiger partial charge >= 0.3 is 5.97 Å². The highest BCUT2D eigenvalue weighted by molar-refractivity contribution is 7.10. The van der Waals surface area contributed by atoms with Crippen LogP contribution >= 0.6 is 11.3 Å². The highest BCUT2D eigenvalue weighted by Crippen LogP contribution is 2.09. The molecule has 1 aromatic rings. The number of hydrogen-bond acceptors (Lipinski definition) is 4. The maximum absolute atomic E-state index is 11.3. The van der Waals surface area contributed by atoms with Crippen molar-refractivity contribution in [1.29, 1.82) is 0 Å². The van der Waals surface area contributed by atoms with Crippen LogP contribution in [0.2, 0.25) is 0 Å². The first-order chi connectivity index (χ1) is 6.68. The van der Waals surface area contributed by atoms with Crippen molar-refractivity contribution in [3.8, 4) is 0 Å². The monoisotopic (exact) mass is 213 g/mol. The molecule has 1 heterocycles. The Labute approximate surface area is 88.3 Å². The van der Waals surface area contributed by atoms with E-state index in [2.05, 4.69) is 0 Å². The summed E-state index contributed by atoms with van der Waals surface area (Å²) in [6.45, 7) is 1.24. The zero-order valence-corrected chi connectivity index (χ0v) is 9.34. The van der Waals surface area contributed by atoms with Gasteiger partial charge in [-0.2, -0.15) is 0 Å². The zero-order valence-electron chi connectivity index (χ0n) is 8.53. The van der Waals surface area contributed by atoms with Crippen molar-refractivity contribution in [2.24, 2.45) is 0 Å². The molecular weight excluding hydrogens is 198 g/mol. The van der Waals surface area contributed by atoms with E-state index in [1.54, 1.807) is 11.3 Å². The summed E-state index contributed by atoms with van der Waals surface area (Å²) in [6, 6.07) is 3.88. The highest BCUT2D eigenvalue weighted by Gasteiger charge is 2.05. The topological polar surface area (TPSA) is 29.5 Å². The first-order valence-corrected chi connectivity index (χ1v) is 5.39. The molecule has 1 aromatic heterocycles. The summed E-state index contributed by atoms with van der Waals surface area (Å²) in [5, 5.41) is 1.96. The van der Waals surface area contributed by atoms with Crippen molar-refractivity contribution in [2.75, 3.05) is 27.2 Å². The van der Waals surface area contributed by atoms with Crippen molar-refractivity contribution in [2.45, 2.75) is 6.42 Å². The number of carbonyl (C=O) groups excluding carboxylic acids is 1. The summed E-state index contributed by atoms with van der Waals surface area (Å²) >= 11 is 1.58. The maximum Gasteiger partial charge on any atom is 0.311 e. The van der Waals surface area contributed by atoms with Crippen LogP contribution in [0.3, 0.4) is 0 Å². The van der Waals surface area contributed by atoms with E-state index in [0.717, 1.165) is 11.4 Å². The Morgan fingerprint density at radius 2 is 2.36 bits per heavy atom. The molecule has 0 spiro atoms.